The minimum Gasteiger partial charge on any atom is -0.507 e. The molecule has 40 heavy (non-hydrogen) atoms. The summed E-state index contributed by atoms with van der Waals surface area (Å²) in [5.74, 6) is 2.36. The van der Waals surface area contributed by atoms with Crippen LogP contribution in [0.1, 0.15) is 61.4 Å². The van der Waals surface area contributed by atoms with Gasteiger partial charge in [-0.3, -0.25) is 0 Å². The first-order valence-electron chi connectivity index (χ1n) is 13.7. The molecule has 0 radical (unpaired) electrons. The molecule has 3 aromatic carbocycles. The maximum Gasteiger partial charge on any atom is 0.165 e. The van der Waals surface area contributed by atoms with Gasteiger partial charge in [-0.05, 0) is 96.3 Å². The van der Waals surface area contributed by atoms with Gasteiger partial charge in [0.15, 0.2) is 11.5 Å². The molecule has 0 aromatic heterocycles. The van der Waals surface area contributed by atoms with Gasteiger partial charge in [-0.2, -0.15) is 0 Å². The van der Waals surface area contributed by atoms with Crippen LogP contribution in [0.25, 0.3) is 24.3 Å². The maximum atomic E-state index is 10.8. The van der Waals surface area contributed by atoms with Gasteiger partial charge in [-0.25, -0.2) is 0 Å². The fourth-order valence-corrected chi connectivity index (χ4v) is 6.29. The van der Waals surface area contributed by atoms with Gasteiger partial charge in [0.05, 0.1) is 25.9 Å². The highest BCUT2D eigenvalue weighted by atomic mass is 16.5. The highest BCUT2D eigenvalue weighted by Gasteiger charge is 2.54. The molecule has 0 spiro atoms. The number of aliphatic hydroxyl groups is 1. The van der Waals surface area contributed by atoms with Gasteiger partial charge in [0, 0.05) is 11.6 Å². The van der Waals surface area contributed by atoms with E-state index in [1.165, 1.54) is 0 Å². The Morgan fingerprint density at radius 1 is 0.875 bits per heavy atom. The molecular weight excluding hydrogens is 502 g/mol. The quantitative estimate of drug-likeness (QED) is 0.234. The molecule has 5 rings (SSSR count). The molecule has 210 valence electrons. The summed E-state index contributed by atoms with van der Waals surface area (Å²) >= 11 is 0. The van der Waals surface area contributed by atoms with E-state index < -0.39 is 0 Å². The van der Waals surface area contributed by atoms with Crippen LogP contribution in [0, 0.1) is 11.3 Å². The Kier molecular flexibility index (Phi) is 7.32. The average Bonchev–Trinajstić information content (AvgIpc) is 2.93. The maximum absolute atomic E-state index is 10.8. The second-order valence-electron chi connectivity index (χ2n) is 11.7. The lowest BCUT2D eigenvalue weighted by Gasteiger charge is -2.55. The number of phenols is 1. The van der Waals surface area contributed by atoms with Crippen LogP contribution in [0.3, 0.4) is 0 Å². The standard InChI is InChI=1S/C34H39NO5/c1-33(2)30-20-24-16-22(19-29(39-5)32(24)40-34(30,3)15-14-31(33)37)6-7-23-17-27(36)26(28(18-23)38-4)13-10-21-8-11-25(35)12-9-21/h6-13,16-19,30-31,36-37H,14-15,20,35H2,1-5H3/t30-,31-,34-/m1/s1. The van der Waals surface area contributed by atoms with Gasteiger partial charge >= 0.3 is 0 Å². The van der Waals surface area contributed by atoms with Crippen LogP contribution in [0.5, 0.6) is 23.0 Å². The Morgan fingerprint density at radius 2 is 1.50 bits per heavy atom. The summed E-state index contributed by atoms with van der Waals surface area (Å²) in [6.45, 7) is 6.45. The molecule has 0 bridgehead atoms. The number of nitrogen functional groups attached to an aromatic ring is 1. The van der Waals surface area contributed by atoms with Crippen molar-refractivity contribution in [2.75, 3.05) is 20.0 Å². The van der Waals surface area contributed by atoms with Gasteiger partial charge in [-0.1, -0.05) is 44.2 Å². The van der Waals surface area contributed by atoms with Crippen molar-refractivity contribution in [2.24, 2.45) is 11.3 Å². The van der Waals surface area contributed by atoms with E-state index in [9.17, 15) is 10.2 Å². The van der Waals surface area contributed by atoms with Crippen molar-refractivity contribution in [3.05, 3.63) is 76.3 Å². The van der Waals surface area contributed by atoms with Crippen molar-refractivity contribution >= 4 is 30.0 Å². The number of aliphatic hydroxyl groups excluding tert-OH is 1. The highest BCUT2D eigenvalue weighted by molar-refractivity contribution is 5.80. The van der Waals surface area contributed by atoms with E-state index >= 15 is 0 Å². The molecule has 0 amide bonds. The molecule has 2 aliphatic rings. The number of benzene rings is 3. The smallest absolute Gasteiger partial charge is 0.165 e. The number of methoxy groups -OCH3 is 2. The summed E-state index contributed by atoms with van der Waals surface area (Å²) in [5.41, 5.74) is 10.3. The molecule has 3 aromatic rings. The van der Waals surface area contributed by atoms with Crippen LogP contribution in [0.2, 0.25) is 0 Å². The number of fused-ring (bicyclic) bond motifs is 2. The fraction of sp³-hybridized carbons (Fsp3) is 0.353. The molecule has 0 saturated heterocycles. The van der Waals surface area contributed by atoms with Crippen LogP contribution in [0.4, 0.5) is 5.69 Å². The Balaban J connectivity index is 1.43. The third-order valence-electron chi connectivity index (χ3n) is 8.75. The van der Waals surface area contributed by atoms with E-state index in [1.54, 1.807) is 20.3 Å². The molecule has 1 saturated carbocycles. The molecule has 1 aliphatic carbocycles. The lowest BCUT2D eigenvalue weighted by Crippen LogP contribution is -2.58. The van der Waals surface area contributed by atoms with Crippen molar-refractivity contribution in [1.29, 1.82) is 0 Å². The van der Waals surface area contributed by atoms with E-state index in [4.69, 9.17) is 19.9 Å². The Labute approximate surface area is 236 Å². The predicted octanol–water partition coefficient (Wildman–Crippen LogP) is 6.82. The highest BCUT2D eigenvalue weighted by Crippen LogP contribution is 2.55. The van der Waals surface area contributed by atoms with Crippen molar-refractivity contribution in [3.8, 4) is 23.0 Å². The summed E-state index contributed by atoms with van der Waals surface area (Å²) in [6.07, 6.45) is 9.66. The largest absolute Gasteiger partial charge is 0.507 e. The van der Waals surface area contributed by atoms with Crippen molar-refractivity contribution in [3.63, 3.8) is 0 Å². The van der Waals surface area contributed by atoms with Gasteiger partial charge in [0.25, 0.3) is 0 Å². The third-order valence-corrected chi connectivity index (χ3v) is 8.75. The Morgan fingerprint density at radius 3 is 2.17 bits per heavy atom. The predicted molar refractivity (Wildman–Crippen MR) is 162 cm³/mol. The first kappa shape index (κ1) is 27.7. The van der Waals surface area contributed by atoms with Crippen LogP contribution in [-0.2, 0) is 6.42 Å². The van der Waals surface area contributed by atoms with Gasteiger partial charge in [-0.15, -0.1) is 0 Å². The van der Waals surface area contributed by atoms with Crippen molar-refractivity contribution in [2.45, 2.75) is 51.7 Å². The van der Waals surface area contributed by atoms with E-state index in [0.717, 1.165) is 47.3 Å². The summed E-state index contributed by atoms with van der Waals surface area (Å²) in [7, 11) is 3.25. The van der Waals surface area contributed by atoms with E-state index in [2.05, 4.69) is 26.8 Å². The molecule has 6 heteroatoms. The van der Waals surface area contributed by atoms with E-state index in [-0.39, 0.29) is 28.8 Å². The van der Waals surface area contributed by atoms with Gasteiger partial charge < -0.3 is 30.2 Å². The topological polar surface area (TPSA) is 94.2 Å². The minimum absolute atomic E-state index is 0.125. The number of phenolic OH excluding ortho intramolecular Hbond substituents is 1. The summed E-state index contributed by atoms with van der Waals surface area (Å²) < 4.78 is 18.0. The zero-order valence-electron chi connectivity index (χ0n) is 23.9. The van der Waals surface area contributed by atoms with Gasteiger partial charge in [0.2, 0.25) is 0 Å². The van der Waals surface area contributed by atoms with Crippen molar-refractivity contribution in [1.82, 2.24) is 0 Å². The Bertz CT molecular complexity index is 1460. The molecule has 1 fully saturated rings. The molecule has 0 unspecified atom stereocenters. The number of anilines is 1. The zero-order valence-corrected chi connectivity index (χ0v) is 23.9. The third kappa shape index (κ3) is 5.16. The van der Waals surface area contributed by atoms with Crippen LogP contribution < -0.4 is 19.9 Å². The molecule has 1 heterocycles. The normalized spacial score (nSPS) is 23.4. The fourth-order valence-electron chi connectivity index (χ4n) is 6.29. The molecule has 1 aliphatic heterocycles. The molecule has 3 atom stereocenters. The lowest BCUT2D eigenvalue weighted by atomic mass is 9.57. The second-order valence-corrected chi connectivity index (χ2v) is 11.7. The van der Waals surface area contributed by atoms with Crippen LogP contribution in [0.15, 0.2) is 48.5 Å². The SMILES string of the molecule is COc1cc(C=Cc2cc3c(c(OC)c2)O[C@]2(C)CC[C@@H](O)C(C)(C)[C@H]2C3)cc(O)c1C=Cc1ccc(N)cc1. The number of rotatable bonds is 6. The first-order chi connectivity index (χ1) is 19.0. The van der Waals surface area contributed by atoms with E-state index in [1.807, 2.05) is 60.7 Å². The van der Waals surface area contributed by atoms with Gasteiger partial charge in [0.1, 0.15) is 17.1 Å². The van der Waals surface area contributed by atoms with Crippen LogP contribution in [-0.4, -0.2) is 36.1 Å². The minimum atomic E-state index is -0.354. The van der Waals surface area contributed by atoms with Crippen LogP contribution >= 0.6 is 0 Å². The molecule has 6 nitrogen and oxygen atoms in total. The van der Waals surface area contributed by atoms with E-state index in [0.29, 0.717) is 22.7 Å². The number of hydrogen-bond acceptors (Lipinski definition) is 6. The Hall–Kier alpha value is -3.90. The molecular formula is C34H39NO5. The lowest BCUT2D eigenvalue weighted by molar-refractivity contribution is -0.138. The monoisotopic (exact) mass is 541 g/mol. The number of aromatic hydroxyl groups is 1. The zero-order chi connectivity index (χ0) is 28.7. The number of nitrogens with two attached hydrogens (primary N) is 1. The first-order valence-corrected chi connectivity index (χ1v) is 13.7. The second kappa shape index (κ2) is 10.6. The average molecular weight is 542 g/mol. The summed E-state index contributed by atoms with van der Waals surface area (Å²) in [6, 6.07) is 15.2. The summed E-state index contributed by atoms with van der Waals surface area (Å²) in [4.78, 5) is 0. The summed E-state index contributed by atoms with van der Waals surface area (Å²) in [5, 5.41) is 21.6. The molecule has 4 N–H and O–H groups in total. The van der Waals surface area contributed by atoms with Crippen molar-refractivity contribution < 1.29 is 24.4 Å². The number of hydrogen-bond donors (Lipinski definition) is 3. The number of ether oxygens (including phenoxy) is 3.